The van der Waals surface area contributed by atoms with Crippen LogP contribution in [0.3, 0.4) is 0 Å². The Hall–Kier alpha value is -1.83. The molecule has 1 heterocycles. The van der Waals surface area contributed by atoms with Gasteiger partial charge in [-0.1, -0.05) is 6.07 Å². The second-order valence-corrected chi connectivity index (χ2v) is 5.37. The van der Waals surface area contributed by atoms with Crippen LogP contribution < -0.4 is 11.1 Å². The molecule has 1 aromatic heterocycles. The SMILES string of the molecule is N#Cc1cc2cc(CN[C@H]3CC[C@@H](N)C3)ccc2[nH]1. The lowest BCUT2D eigenvalue weighted by molar-refractivity contribution is 0.517. The van der Waals surface area contributed by atoms with E-state index in [0.717, 1.165) is 30.3 Å². The van der Waals surface area contributed by atoms with Crippen molar-refractivity contribution in [3.8, 4) is 6.07 Å². The second kappa shape index (κ2) is 5.04. The predicted octanol–water partition coefficient (Wildman–Crippen LogP) is 2.01. The van der Waals surface area contributed by atoms with Crippen LogP contribution in [0.2, 0.25) is 0 Å². The van der Waals surface area contributed by atoms with Crippen LogP contribution in [0.1, 0.15) is 30.5 Å². The van der Waals surface area contributed by atoms with Gasteiger partial charge in [0, 0.05) is 29.5 Å². The number of nitrogens with two attached hydrogens (primary N) is 1. The Morgan fingerprint density at radius 2 is 2.26 bits per heavy atom. The summed E-state index contributed by atoms with van der Waals surface area (Å²) >= 11 is 0. The highest BCUT2D eigenvalue weighted by atomic mass is 14.9. The Morgan fingerprint density at radius 3 is 3.00 bits per heavy atom. The van der Waals surface area contributed by atoms with Gasteiger partial charge in [0.1, 0.15) is 11.8 Å². The molecule has 1 fully saturated rings. The lowest BCUT2D eigenvalue weighted by Crippen LogP contribution is -2.27. The van der Waals surface area contributed by atoms with Crippen LogP contribution in [-0.2, 0) is 6.54 Å². The van der Waals surface area contributed by atoms with Crippen molar-refractivity contribution in [2.24, 2.45) is 5.73 Å². The van der Waals surface area contributed by atoms with Gasteiger partial charge in [0.25, 0.3) is 0 Å². The van der Waals surface area contributed by atoms with E-state index in [-0.39, 0.29) is 0 Å². The summed E-state index contributed by atoms with van der Waals surface area (Å²) in [6.45, 7) is 0.862. The van der Waals surface area contributed by atoms with E-state index in [1.807, 2.05) is 12.1 Å². The first kappa shape index (κ1) is 12.2. The first-order valence-corrected chi connectivity index (χ1v) is 6.75. The molecule has 1 aliphatic carbocycles. The van der Waals surface area contributed by atoms with Crippen molar-refractivity contribution >= 4 is 10.9 Å². The van der Waals surface area contributed by atoms with E-state index < -0.39 is 0 Å². The molecule has 4 heteroatoms. The van der Waals surface area contributed by atoms with Crippen molar-refractivity contribution in [3.05, 3.63) is 35.5 Å². The molecular weight excluding hydrogens is 236 g/mol. The Balaban J connectivity index is 1.69. The summed E-state index contributed by atoms with van der Waals surface area (Å²) < 4.78 is 0. The fourth-order valence-corrected chi connectivity index (χ4v) is 2.82. The van der Waals surface area contributed by atoms with Gasteiger partial charge in [0.05, 0.1) is 0 Å². The molecule has 98 valence electrons. The number of hydrogen-bond donors (Lipinski definition) is 3. The van der Waals surface area contributed by atoms with Gasteiger partial charge in [0.2, 0.25) is 0 Å². The number of H-pyrrole nitrogens is 1. The second-order valence-electron chi connectivity index (χ2n) is 5.37. The smallest absolute Gasteiger partial charge is 0.118 e. The highest BCUT2D eigenvalue weighted by molar-refractivity contribution is 5.81. The molecule has 0 spiro atoms. The highest BCUT2D eigenvalue weighted by Gasteiger charge is 2.20. The lowest BCUT2D eigenvalue weighted by Gasteiger charge is -2.12. The number of benzene rings is 1. The molecule has 0 saturated heterocycles. The number of aromatic nitrogens is 1. The van der Waals surface area contributed by atoms with Gasteiger partial charge in [-0.2, -0.15) is 5.26 Å². The highest BCUT2D eigenvalue weighted by Crippen LogP contribution is 2.19. The van der Waals surface area contributed by atoms with Crippen molar-refractivity contribution in [2.75, 3.05) is 0 Å². The number of rotatable bonds is 3. The molecule has 1 aliphatic rings. The number of nitriles is 1. The first-order valence-electron chi connectivity index (χ1n) is 6.75. The van der Waals surface area contributed by atoms with E-state index in [1.54, 1.807) is 0 Å². The Labute approximate surface area is 112 Å². The molecule has 1 saturated carbocycles. The monoisotopic (exact) mass is 254 g/mol. The maximum atomic E-state index is 8.87. The minimum Gasteiger partial charge on any atom is -0.346 e. The molecule has 3 rings (SSSR count). The minimum atomic E-state index is 0.364. The van der Waals surface area contributed by atoms with Gasteiger partial charge in [0.15, 0.2) is 0 Å². The third kappa shape index (κ3) is 2.62. The zero-order valence-electron chi connectivity index (χ0n) is 10.8. The normalized spacial score (nSPS) is 22.7. The van der Waals surface area contributed by atoms with Crippen molar-refractivity contribution in [1.82, 2.24) is 10.3 Å². The fourth-order valence-electron chi connectivity index (χ4n) is 2.82. The Kier molecular flexibility index (Phi) is 3.24. The fraction of sp³-hybridized carbons (Fsp3) is 0.400. The standard InChI is InChI=1S/C15H18N4/c16-8-14-6-11-5-10(1-4-15(11)19-14)9-18-13-3-2-12(17)7-13/h1,4-6,12-13,18-19H,2-3,7,9,17H2/t12-,13+/m1/s1. The van der Waals surface area contributed by atoms with E-state index in [0.29, 0.717) is 17.8 Å². The van der Waals surface area contributed by atoms with Crippen molar-refractivity contribution in [1.29, 1.82) is 5.26 Å². The zero-order chi connectivity index (χ0) is 13.2. The summed E-state index contributed by atoms with van der Waals surface area (Å²) in [4.78, 5) is 3.08. The number of aromatic amines is 1. The van der Waals surface area contributed by atoms with E-state index in [9.17, 15) is 0 Å². The summed E-state index contributed by atoms with van der Waals surface area (Å²) in [5, 5.41) is 13.5. The number of fused-ring (bicyclic) bond motifs is 1. The molecule has 0 unspecified atom stereocenters. The first-order chi connectivity index (χ1) is 9.24. The summed E-state index contributed by atoms with van der Waals surface area (Å²) in [6, 6.07) is 11.2. The summed E-state index contributed by atoms with van der Waals surface area (Å²) in [6.07, 6.45) is 3.37. The average molecular weight is 254 g/mol. The molecule has 4 N–H and O–H groups in total. The van der Waals surface area contributed by atoms with Crippen LogP contribution in [0.15, 0.2) is 24.3 Å². The van der Waals surface area contributed by atoms with Crippen LogP contribution in [0.4, 0.5) is 0 Å². The van der Waals surface area contributed by atoms with Crippen LogP contribution >= 0.6 is 0 Å². The number of nitrogens with zero attached hydrogens (tertiary/aromatic N) is 1. The number of nitrogens with one attached hydrogen (secondary N) is 2. The van der Waals surface area contributed by atoms with Crippen molar-refractivity contribution in [3.63, 3.8) is 0 Å². The zero-order valence-corrected chi connectivity index (χ0v) is 10.8. The summed E-state index contributed by atoms with van der Waals surface area (Å²) in [5.74, 6) is 0. The predicted molar refractivity (Wildman–Crippen MR) is 75.5 cm³/mol. The van der Waals surface area contributed by atoms with Crippen LogP contribution in [0.25, 0.3) is 10.9 Å². The number of hydrogen-bond acceptors (Lipinski definition) is 3. The molecule has 2 aromatic rings. The molecule has 19 heavy (non-hydrogen) atoms. The van der Waals surface area contributed by atoms with Crippen LogP contribution in [0.5, 0.6) is 0 Å². The van der Waals surface area contributed by atoms with Crippen LogP contribution in [-0.4, -0.2) is 17.1 Å². The lowest BCUT2D eigenvalue weighted by atomic mass is 10.1. The van der Waals surface area contributed by atoms with Gasteiger partial charge in [-0.15, -0.1) is 0 Å². The molecular formula is C15H18N4. The Bertz CT molecular complexity index is 623. The van der Waals surface area contributed by atoms with Crippen molar-refractivity contribution in [2.45, 2.75) is 37.9 Å². The molecule has 1 aromatic carbocycles. The summed E-state index contributed by atoms with van der Waals surface area (Å²) in [7, 11) is 0. The van der Waals surface area contributed by atoms with E-state index in [2.05, 4.69) is 28.5 Å². The van der Waals surface area contributed by atoms with Gasteiger partial charge in [-0.3, -0.25) is 0 Å². The molecule has 0 aliphatic heterocycles. The largest absolute Gasteiger partial charge is 0.346 e. The van der Waals surface area contributed by atoms with Gasteiger partial charge >= 0.3 is 0 Å². The molecule has 0 radical (unpaired) electrons. The topological polar surface area (TPSA) is 77.6 Å². The van der Waals surface area contributed by atoms with E-state index in [4.69, 9.17) is 11.0 Å². The van der Waals surface area contributed by atoms with Gasteiger partial charge < -0.3 is 16.0 Å². The van der Waals surface area contributed by atoms with Crippen LogP contribution in [0, 0.1) is 11.3 Å². The third-order valence-electron chi connectivity index (χ3n) is 3.87. The van der Waals surface area contributed by atoms with E-state index in [1.165, 1.54) is 12.0 Å². The Morgan fingerprint density at radius 1 is 1.37 bits per heavy atom. The van der Waals surface area contributed by atoms with E-state index >= 15 is 0 Å². The molecule has 2 atom stereocenters. The quantitative estimate of drug-likeness (QED) is 0.784. The minimum absolute atomic E-state index is 0.364. The molecule has 4 nitrogen and oxygen atoms in total. The third-order valence-corrected chi connectivity index (χ3v) is 3.87. The maximum absolute atomic E-state index is 8.87. The maximum Gasteiger partial charge on any atom is 0.118 e. The van der Waals surface area contributed by atoms with Crippen molar-refractivity contribution < 1.29 is 0 Å². The molecule has 0 bridgehead atoms. The molecule has 0 amide bonds. The summed E-state index contributed by atoms with van der Waals surface area (Å²) in [5.41, 5.74) is 8.79. The van der Waals surface area contributed by atoms with Gasteiger partial charge in [-0.25, -0.2) is 0 Å². The average Bonchev–Trinajstić information content (AvgIpc) is 3.01. The van der Waals surface area contributed by atoms with Gasteiger partial charge in [-0.05, 0) is 43.0 Å².